The molecule has 20 nitrogen and oxygen atoms in total. The zero-order valence-corrected chi connectivity index (χ0v) is 92.5. The largest absolute Gasteiger partial charge is 0.407 e. The van der Waals surface area contributed by atoms with E-state index < -0.39 is 39.6 Å². The van der Waals surface area contributed by atoms with Crippen molar-refractivity contribution in [1.29, 1.82) is 0 Å². The van der Waals surface area contributed by atoms with Gasteiger partial charge >= 0.3 is 0 Å². The smallest absolute Gasteiger partial charge is 0.261 e. The van der Waals surface area contributed by atoms with Gasteiger partial charge < -0.3 is 57.0 Å². The second kappa shape index (κ2) is 50.3. The first-order chi connectivity index (χ1) is 66.4. The van der Waals surface area contributed by atoms with Crippen molar-refractivity contribution in [2.75, 3.05) is 57.2 Å². The number of nitrogens with one attached hydrogen (secondary N) is 1. The highest BCUT2D eigenvalue weighted by Crippen LogP contribution is 2.42. The summed E-state index contributed by atoms with van der Waals surface area (Å²) in [4.78, 5) is 43.4. The third-order valence-electron chi connectivity index (χ3n) is 24.9. The van der Waals surface area contributed by atoms with Crippen molar-refractivity contribution in [2.45, 2.75) is 201 Å². The van der Waals surface area contributed by atoms with E-state index in [1.165, 1.54) is 41.5 Å². The molecule has 28 heteroatoms. The second-order valence-electron chi connectivity index (χ2n) is 38.3. The summed E-state index contributed by atoms with van der Waals surface area (Å²) >= 11 is 13.8. The maximum absolute atomic E-state index is 11.6. The quantitative estimate of drug-likeness (QED) is 0.0140. The summed E-state index contributed by atoms with van der Waals surface area (Å²) in [6.07, 6.45) is 14.7. The zero-order valence-electron chi connectivity index (χ0n) is 82.2. The van der Waals surface area contributed by atoms with Crippen LogP contribution in [0.1, 0.15) is 177 Å². The number of aryl methyl sites for hydroxylation is 3. The summed E-state index contributed by atoms with van der Waals surface area (Å²) in [5.74, 6) is 2.55. The molecule has 0 aliphatic carbocycles. The van der Waals surface area contributed by atoms with Crippen LogP contribution < -0.4 is 52.5 Å². The molecule has 8 aromatic carbocycles. The van der Waals surface area contributed by atoms with Crippen LogP contribution in [0.3, 0.4) is 0 Å². The van der Waals surface area contributed by atoms with Crippen molar-refractivity contribution in [2.24, 2.45) is 0 Å². The molecule has 0 radical (unpaired) electrons. The Kier molecular flexibility index (Phi) is 39.1. The predicted molar refractivity (Wildman–Crippen MR) is 589 cm³/mol. The molecule has 0 aliphatic rings. The van der Waals surface area contributed by atoms with Crippen LogP contribution in [0.25, 0.3) is 33.5 Å². The molecule has 0 saturated heterocycles. The van der Waals surface area contributed by atoms with Crippen LogP contribution in [0.2, 0.25) is 20.2 Å². The molecule has 0 saturated carbocycles. The number of nitrogen functional groups attached to an aromatic ring is 1. The molecule has 138 heavy (non-hydrogen) atoms. The molecule has 15 aromatic rings. The SMILES string of the molecule is CC(C)(C)[Si](OCCCCNc1ncc(Br)cc1N)(c1ccccc1)c1ccccc1.CC(C)(C)[Si](OCCCCn1c(C=O)nc2cc(Br)cnc21)(c1ccccc1)c1ccccc1.CC(C)(C)[Si](OCCCCn1c(CO)nc2cc(Br)cnc21)(c1ccccc1)c1ccccc1.CCOC(OCC)c1nc2cc(Br)cnc2n1CCCCO[Si](c1ccccc1)(c1ccccc1)C(C)(C)C. The van der Waals surface area contributed by atoms with Crippen molar-refractivity contribution in [3.05, 3.63) is 327 Å². The van der Waals surface area contributed by atoms with Crippen LogP contribution >= 0.6 is 63.7 Å². The molecule has 0 atom stereocenters. The lowest BCUT2D eigenvalue weighted by atomic mass is 10.2. The number of anilines is 2. The lowest BCUT2D eigenvalue weighted by Gasteiger charge is -2.43. The van der Waals surface area contributed by atoms with Gasteiger partial charge in [0.1, 0.15) is 34.8 Å². The maximum Gasteiger partial charge on any atom is 0.261 e. The number of benzene rings is 8. The summed E-state index contributed by atoms with van der Waals surface area (Å²) in [6.45, 7) is 38.2. The number of aliphatic hydroxyl groups excluding tert-OH is 1. The fourth-order valence-corrected chi connectivity index (χ4v) is 38.4. The van der Waals surface area contributed by atoms with Crippen LogP contribution in [0.4, 0.5) is 11.5 Å². The number of nitrogens with zero attached hydrogens (tertiary/aromatic N) is 10. The van der Waals surface area contributed by atoms with Gasteiger partial charge in [-0.3, -0.25) is 4.79 Å². The number of imidazole rings is 3. The molecule has 0 amide bonds. The number of carbonyl (C=O) groups excluding carboxylic acids is 1. The van der Waals surface area contributed by atoms with E-state index in [4.69, 9.17) is 37.9 Å². The third-order valence-corrected chi connectivity index (χ3v) is 46.8. The van der Waals surface area contributed by atoms with E-state index in [2.05, 4.69) is 429 Å². The van der Waals surface area contributed by atoms with Crippen molar-refractivity contribution in [3.63, 3.8) is 0 Å². The summed E-state index contributed by atoms with van der Waals surface area (Å²) in [6, 6.07) is 93.7. The Hall–Kier alpha value is -9.45. The van der Waals surface area contributed by atoms with Crippen LogP contribution in [0.5, 0.6) is 0 Å². The van der Waals surface area contributed by atoms with E-state index in [0.29, 0.717) is 56.9 Å². The molecular formula is C110H134Br4N12O8Si4. The Morgan fingerprint density at radius 1 is 0.370 bits per heavy atom. The average Bonchev–Trinajstić information content (AvgIpc) is 1.10. The molecule has 4 N–H and O–H groups in total. The number of hydrogen-bond acceptors (Lipinski definition) is 17. The molecule has 7 aromatic heterocycles. The number of nitrogens with two attached hydrogens (primary N) is 1. The first kappa shape index (κ1) is 107. The monoisotopic (exact) mass is 2180 g/mol. The lowest BCUT2D eigenvalue weighted by Crippen LogP contribution is -2.66. The van der Waals surface area contributed by atoms with Crippen LogP contribution in [-0.4, -0.2) is 139 Å². The molecule has 0 spiro atoms. The highest BCUT2D eigenvalue weighted by Gasteiger charge is 2.54. The van der Waals surface area contributed by atoms with Crippen LogP contribution in [0, 0.1) is 0 Å². The molecule has 7 heterocycles. The van der Waals surface area contributed by atoms with Crippen LogP contribution in [-0.2, 0) is 53.4 Å². The summed E-state index contributed by atoms with van der Waals surface area (Å²) in [5, 5.41) is 23.4. The molecule has 726 valence electrons. The Morgan fingerprint density at radius 2 is 0.645 bits per heavy atom. The fraction of sp³-hybridized carbons (Fsp3) is 0.345. The van der Waals surface area contributed by atoms with E-state index in [-0.39, 0.29) is 26.8 Å². The summed E-state index contributed by atoms with van der Waals surface area (Å²) < 4.78 is 49.4. The average molecular weight is 2180 g/mol. The number of pyridine rings is 4. The minimum Gasteiger partial charge on any atom is -0.407 e. The highest BCUT2D eigenvalue weighted by molar-refractivity contribution is 9.11. The number of fused-ring (bicyclic) bond motifs is 3. The minimum atomic E-state index is -2.54. The van der Waals surface area contributed by atoms with Crippen molar-refractivity contribution in [1.82, 2.24) is 48.6 Å². The Balaban J connectivity index is 0.000000166. The van der Waals surface area contributed by atoms with Crippen LogP contribution in [0.15, 0.2) is 310 Å². The van der Waals surface area contributed by atoms with Gasteiger partial charge in [0.25, 0.3) is 33.3 Å². The first-order valence-corrected chi connectivity index (χ1v) is 58.7. The normalized spacial score (nSPS) is 12.3. The second-order valence-corrected chi connectivity index (χ2v) is 59.2. The molecule has 0 bridgehead atoms. The van der Waals surface area contributed by atoms with Gasteiger partial charge in [0, 0.05) is 108 Å². The third kappa shape index (κ3) is 25.9. The first-order valence-electron chi connectivity index (χ1n) is 47.9. The van der Waals surface area contributed by atoms with Gasteiger partial charge in [-0.05, 0) is 215 Å². The van der Waals surface area contributed by atoms with Crippen molar-refractivity contribution in [3.8, 4) is 0 Å². The number of aliphatic hydroxyl groups is 1. The molecule has 0 aliphatic heterocycles. The summed E-state index contributed by atoms with van der Waals surface area (Å²) in [5.41, 5.74) is 11.4. The van der Waals surface area contributed by atoms with E-state index in [9.17, 15) is 9.90 Å². The van der Waals surface area contributed by atoms with Crippen molar-refractivity contribution < 1.29 is 37.1 Å². The van der Waals surface area contributed by atoms with Gasteiger partial charge in [-0.1, -0.05) is 326 Å². The van der Waals surface area contributed by atoms with Crippen molar-refractivity contribution >= 4 is 190 Å². The van der Waals surface area contributed by atoms with Gasteiger partial charge in [0.15, 0.2) is 34.9 Å². The molecule has 0 fully saturated rings. The topological polar surface area (TPSA) is 236 Å². The Labute approximate surface area is 853 Å². The zero-order chi connectivity index (χ0) is 98.6. The number of rotatable bonds is 40. The number of ether oxygens (including phenoxy) is 2. The summed E-state index contributed by atoms with van der Waals surface area (Å²) in [7, 11) is -10.0. The number of carbonyl (C=O) groups is 1. The minimum absolute atomic E-state index is 0.00372. The number of unbranched alkanes of at least 4 members (excludes halogenated alkanes) is 4. The number of halogens is 4. The van der Waals surface area contributed by atoms with E-state index in [0.717, 1.165) is 147 Å². The number of hydrogen-bond donors (Lipinski definition) is 3. The highest BCUT2D eigenvalue weighted by atomic mass is 79.9. The van der Waals surface area contributed by atoms with E-state index in [1.807, 2.05) is 53.4 Å². The molecular weight excluding hydrogens is 2050 g/mol. The Morgan fingerprint density at radius 3 is 0.949 bits per heavy atom. The van der Waals surface area contributed by atoms with Gasteiger partial charge in [-0.15, -0.1) is 0 Å². The number of aromatic nitrogens is 10. The van der Waals surface area contributed by atoms with Gasteiger partial charge in [-0.2, -0.15) is 0 Å². The van der Waals surface area contributed by atoms with Gasteiger partial charge in [-0.25, -0.2) is 34.9 Å². The number of aldehydes is 1. The Bertz CT molecular complexity index is 6120. The standard InChI is InChI=1S/C31H40BrN3O3Si.C27H32BrN3O2Si.C27H30BrN3O2Si.C25H32BrN3OSi/c1-6-36-30(37-7-2)29-34-27-22-24(32)23-33-28(27)35(29)20-14-15-21-38-39(31(3,4)5,25-16-10-8-11-17-25)26-18-12-9-13-19-26;2*1-27(2,3)34(22-12-6-4-7-13-22,23-14-8-5-9-15-23)33-17-11-10-16-31-25(20-32)30-24-18-21(28)19-29-26(24)31;1-25(2,3)31(21-12-6-4-7-13-21,22-14-8-5-9-15-22)30-17-11-10-16-28-24-23(27)18-20(26)19-29-24/h8-13,16-19,22-23,30H,6-7,14-15,20-21H2,1-5H3;4-9,12-15,18-19,32H,10-11,16-17,20H2,1-3H3;4-9,12-15,18-20H,10-11,16-17H2,1-3H3;4-9,12-15,18-19H,10-11,16-17,27H2,1-3H3,(H,28,29). The lowest BCUT2D eigenvalue weighted by molar-refractivity contribution is -0.146. The van der Waals surface area contributed by atoms with E-state index in [1.54, 1.807) is 18.6 Å². The fourth-order valence-electron chi connectivity index (χ4n) is 18.7. The van der Waals surface area contributed by atoms with Gasteiger partial charge in [0.2, 0.25) is 6.29 Å². The predicted octanol–water partition coefficient (Wildman–Crippen LogP) is 22.2. The maximum atomic E-state index is 11.6. The molecule has 0 unspecified atom stereocenters. The van der Waals surface area contributed by atoms with E-state index >= 15 is 0 Å². The van der Waals surface area contributed by atoms with Gasteiger partial charge in [0.05, 0.1) is 5.69 Å². The molecule has 15 rings (SSSR count).